The summed E-state index contributed by atoms with van der Waals surface area (Å²) in [5.74, 6) is 0.602. The fourth-order valence-corrected chi connectivity index (χ4v) is 5.42. The summed E-state index contributed by atoms with van der Waals surface area (Å²) >= 11 is 0. The van der Waals surface area contributed by atoms with Crippen LogP contribution in [0.1, 0.15) is 31.5 Å². The Kier molecular flexibility index (Phi) is 5.68. The first-order chi connectivity index (χ1) is 13.8. The third-order valence-corrected chi connectivity index (χ3v) is 7.93. The van der Waals surface area contributed by atoms with Crippen molar-refractivity contribution in [1.29, 1.82) is 0 Å². The van der Waals surface area contributed by atoms with Crippen LogP contribution in [0.4, 0.5) is 0 Å². The van der Waals surface area contributed by atoms with Gasteiger partial charge in [0.2, 0.25) is 0 Å². The summed E-state index contributed by atoms with van der Waals surface area (Å²) in [6.45, 7) is 2.26. The third-order valence-electron chi connectivity index (χ3n) is 5.99. The fourth-order valence-electron chi connectivity index (χ4n) is 4.32. The molecule has 2 atom stereocenters. The van der Waals surface area contributed by atoms with Crippen LogP contribution in [0.15, 0.2) is 12.4 Å². The van der Waals surface area contributed by atoms with Gasteiger partial charge in [0.15, 0.2) is 6.10 Å². The van der Waals surface area contributed by atoms with Gasteiger partial charge >= 0.3 is 0 Å². The number of fused-ring (bicyclic) bond motifs is 2. The molecule has 0 radical (unpaired) electrons. The highest BCUT2D eigenvalue weighted by Crippen LogP contribution is 2.40. The van der Waals surface area contributed by atoms with Gasteiger partial charge in [-0.2, -0.15) is 17.0 Å². The molecule has 1 spiro atoms. The van der Waals surface area contributed by atoms with Gasteiger partial charge in [0.1, 0.15) is 11.4 Å². The first-order valence-electron chi connectivity index (χ1n) is 10.1. The van der Waals surface area contributed by atoms with E-state index in [4.69, 9.17) is 9.47 Å². The van der Waals surface area contributed by atoms with Crippen molar-refractivity contribution >= 4 is 16.1 Å². The van der Waals surface area contributed by atoms with Crippen molar-refractivity contribution in [2.75, 3.05) is 40.3 Å². The number of hydrogen-bond donors (Lipinski definition) is 1. The monoisotopic (exact) mass is 427 g/mol. The predicted molar refractivity (Wildman–Crippen MR) is 104 cm³/mol. The number of piperidine rings is 1. The van der Waals surface area contributed by atoms with Gasteiger partial charge in [0.05, 0.1) is 12.6 Å². The van der Waals surface area contributed by atoms with Gasteiger partial charge in [-0.05, 0) is 25.7 Å². The highest BCUT2D eigenvalue weighted by molar-refractivity contribution is 7.86. The quantitative estimate of drug-likeness (QED) is 0.690. The van der Waals surface area contributed by atoms with Crippen LogP contribution < -0.4 is 5.32 Å². The summed E-state index contributed by atoms with van der Waals surface area (Å²) in [6, 6.07) is 0. The topological polar surface area (TPSA) is 106 Å². The van der Waals surface area contributed by atoms with Crippen LogP contribution in [-0.2, 0) is 36.6 Å². The fraction of sp³-hybridized carbons (Fsp3) is 0.778. The molecule has 0 aliphatic carbocycles. The van der Waals surface area contributed by atoms with Gasteiger partial charge in [-0.15, -0.1) is 0 Å². The van der Waals surface area contributed by atoms with E-state index in [0.29, 0.717) is 39.0 Å². The highest BCUT2D eigenvalue weighted by atomic mass is 32.2. The smallest absolute Gasteiger partial charge is 0.281 e. The molecule has 29 heavy (non-hydrogen) atoms. The zero-order valence-corrected chi connectivity index (χ0v) is 17.7. The first kappa shape index (κ1) is 20.7. The summed E-state index contributed by atoms with van der Waals surface area (Å²) < 4.78 is 41.4. The number of rotatable bonds is 5. The molecule has 0 aromatic carbocycles. The number of aromatic nitrogens is 2. The van der Waals surface area contributed by atoms with E-state index in [1.54, 1.807) is 6.20 Å². The lowest BCUT2D eigenvalue weighted by molar-refractivity contribution is -0.171. The number of amides is 1. The molecule has 1 N–H and O–H groups in total. The Labute approximate surface area is 171 Å². The molecule has 1 amide bonds. The molecule has 0 unspecified atom stereocenters. The molecule has 4 heterocycles. The standard InChI is InChI=1S/C18H29N5O5S/c1-21(2)29(25,26)23-8-5-18(6-9-23)17-19-7-10-22(17)13-15(28-18)16(24)20-12-14-4-3-11-27-14/h7,10,14-15H,3-6,8-9,11-13H2,1-2H3,(H,20,24)/t14-,15+/m1/s1. The van der Waals surface area contributed by atoms with Crippen molar-refractivity contribution in [2.24, 2.45) is 0 Å². The minimum Gasteiger partial charge on any atom is -0.376 e. The number of hydrogen-bond acceptors (Lipinski definition) is 6. The van der Waals surface area contributed by atoms with Gasteiger partial charge in [0, 0.05) is 52.7 Å². The summed E-state index contributed by atoms with van der Waals surface area (Å²) in [4.78, 5) is 17.3. The molecule has 0 bridgehead atoms. The Morgan fingerprint density at radius 2 is 2.14 bits per heavy atom. The van der Waals surface area contributed by atoms with Crippen molar-refractivity contribution in [3.8, 4) is 0 Å². The van der Waals surface area contributed by atoms with Crippen LogP contribution in [0, 0.1) is 0 Å². The first-order valence-corrected chi connectivity index (χ1v) is 11.5. The summed E-state index contributed by atoms with van der Waals surface area (Å²) in [5, 5.41) is 2.95. The lowest BCUT2D eigenvalue weighted by Crippen LogP contribution is -2.56. The van der Waals surface area contributed by atoms with E-state index in [1.165, 1.54) is 22.7 Å². The zero-order chi connectivity index (χ0) is 20.6. The van der Waals surface area contributed by atoms with Crippen LogP contribution in [0.5, 0.6) is 0 Å². The van der Waals surface area contributed by atoms with E-state index >= 15 is 0 Å². The third kappa shape index (κ3) is 3.93. The van der Waals surface area contributed by atoms with Crippen LogP contribution in [-0.4, -0.2) is 85.0 Å². The van der Waals surface area contributed by atoms with E-state index < -0.39 is 21.9 Å². The maximum Gasteiger partial charge on any atom is 0.281 e. The average Bonchev–Trinajstić information content (AvgIpc) is 3.38. The normalized spacial score (nSPS) is 27.3. The van der Waals surface area contributed by atoms with E-state index in [1.807, 2.05) is 10.8 Å². The molecule has 3 aliphatic heterocycles. The van der Waals surface area contributed by atoms with E-state index in [-0.39, 0.29) is 12.0 Å². The van der Waals surface area contributed by atoms with Gasteiger partial charge in [-0.1, -0.05) is 0 Å². The molecule has 3 aliphatic rings. The maximum absolute atomic E-state index is 12.8. The molecule has 11 heteroatoms. The van der Waals surface area contributed by atoms with Crippen LogP contribution in [0.2, 0.25) is 0 Å². The largest absolute Gasteiger partial charge is 0.376 e. The number of nitrogens with one attached hydrogen (secondary N) is 1. The van der Waals surface area contributed by atoms with Gasteiger partial charge < -0.3 is 19.4 Å². The Hall–Kier alpha value is -1.53. The van der Waals surface area contributed by atoms with Crippen LogP contribution >= 0.6 is 0 Å². The second-order valence-corrected chi connectivity index (χ2v) is 10.2. The summed E-state index contributed by atoms with van der Waals surface area (Å²) in [5.41, 5.74) is -0.758. The minimum atomic E-state index is -3.48. The number of carbonyl (C=O) groups excluding carboxylic acids is 1. The Morgan fingerprint density at radius 1 is 1.38 bits per heavy atom. The number of carbonyl (C=O) groups is 1. The molecule has 2 saturated heterocycles. The number of nitrogens with zero attached hydrogens (tertiary/aromatic N) is 4. The molecule has 0 saturated carbocycles. The highest BCUT2D eigenvalue weighted by Gasteiger charge is 2.48. The Morgan fingerprint density at radius 3 is 2.79 bits per heavy atom. The van der Waals surface area contributed by atoms with Crippen molar-refractivity contribution in [2.45, 2.75) is 50.0 Å². The molecule has 2 fully saturated rings. The second-order valence-electron chi connectivity index (χ2n) is 8.07. The Balaban J connectivity index is 1.47. The molecular weight excluding hydrogens is 398 g/mol. The van der Waals surface area contributed by atoms with E-state index in [2.05, 4.69) is 10.3 Å². The molecule has 1 aromatic heterocycles. The molecule has 162 valence electrons. The number of ether oxygens (including phenoxy) is 2. The van der Waals surface area contributed by atoms with E-state index in [9.17, 15) is 13.2 Å². The molecule has 4 rings (SSSR count). The SMILES string of the molecule is CN(C)S(=O)(=O)N1CCC2(CC1)O[C@H](C(=O)NC[C@H]1CCCO1)Cn1ccnc12. The van der Waals surface area contributed by atoms with Gasteiger partial charge in [-0.3, -0.25) is 4.79 Å². The lowest BCUT2D eigenvalue weighted by Gasteiger charge is -2.45. The summed E-state index contributed by atoms with van der Waals surface area (Å²) in [6.07, 6.45) is 5.86. The van der Waals surface area contributed by atoms with Crippen molar-refractivity contribution in [1.82, 2.24) is 23.5 Å². The van der Waals surface area contributed by atoms with Gasteiger partial charge in [-0.25, -0.2) is 4.98 Å². The van der Waals surface area contributed by atoms with Crippen molar-refractivity contribution < 1.29 is 22.7 Å². The van der Waals surface area contributed by atoms with Crippen LogP contribution in [0.25, 0.3) is 0 Å². The van der Waals surface area contributed by atoms with Gasteiger partial charge in [0.25, 0.3) is 16.1 Å². The average molecular weight is 428 g/mol. The minimum absolute atomic E-state index is 0.0692. The molecule has 1 aromatic rings. The van der Waals surface area contributed by atoms with E-state index in [0.717, 1.165) is 25.3 Å². The maximum atomic E-state index is 12.8. The van der Waals surface area contributed by atoms with Crippen molar-refractivity contribution in [3.63, 3.8) is 0 Å². The lowest BCUT2D eigenvalue weighted by atomic mass is 9.89. The predicted octanol–water partition coefficient (Wildman–Crippen LogP) is -0.325. The zero-order valence-electron chi connectivity index (χ0n) is 16.9. The molecule has 10 nitrogen and oxygen atoms in total. The summed E-state index contributed by atoms with van der Waals surface area (Å²) in [7, 11) is -0.425. The van der Waals surface area contributed by atoms with Crippen LogP contribution in [0.3, 0.4) is 0 Å². The van der Waals surface area contributed by atoms with Crippen molar-refractivity contribution in [3.05, 3.63) is 18.2 Å². The molecular formula is C18H29N5O5S. The Bertz CT molecular complexity index is 841. The second kappa shape index (κ2) is 7.95. The number of imidazole rings is 1.